The lowest BCUT2D eigenvalue weighted by atomic mass is 9.73. The summed E-state index contributed by atoms with van der Waals surface area (Å²) in [5.41, 5.74) is 1.27. The predicted molar refractivity (Wildman–Crippen MR) is 78.2 cm³/mol. The highest BCUT2D eigenvalue weighted by Crippen LogP contribution is 2.54. The number of hydrogen-bond donors (Lipinski definition) is 0. The van der Waals surface area contributed by atoms with Gasteiger partial charge in [-0.1, -0.05) is 54.4 Å². The lowest BCUT2D eigenvalue weighted by Gasteiger charge is -2.32. The van der Waals surface area contributed by atoms with Gasteiger partial charge in [0.15, 0.2) is 0 Å². The largest absolute Gasteiger partial charge is 0.0651 e. The molecule has 1 rings (SSSR count). The van der Waals surface area contributed by atoms with Crippen molar-refractivity contribution in [2.45, 2.75) is 86.5 Å². The van der Waals surface area contributed by atoms with E-state index >= 15 is 0 Å². The monoisotopic (exact) mass is 238 g/mol. The summed E-state index contributed by atoms with van der Waals surface area (Å²) < 4.78 is 0. The van der Waals surface area contributed by atoms with Gasteiger partial charge in [-0.05, 0) is 54.8 Å². The van der Waals surface area contributed by atoms with Crippen LogP contribution in [0.4, 0.5) is 0 Å². The molecule has 0 heteroatoms. The first-order chi connectivity index (χ1) is 7.82. The number of rotatable bonds is 6. The molecule has 0 radical (unpaired) electrons. The Balaban J connectivity index is 2.54. The molecule has 0 nitrogen and oxygen atoms in total. The molecule has 4 atom stereocenters. The molecule has 0 aliphatic heterocycles. The van der Waals surface area contributed by atoms with Gasteiger partial charge in [0.1, 0.15) is 0 Å². The first-order valence-corrected chi connectivity index (χ1v) is 7.82. The summed E-state index contributed by atoms with van der Waals surface area (Å²) in [5.74, 6) is 1.82. The van der Waals surface area contributed by atoms with Crippen LogP contribution in [0.3, 0.4) is 0 Å². The highest BCUT2D eigenvalue weighted by molar-refractivity contribution is 4.94. The van der Waals surface area contributed by atoms with Crippen molar-refractivity contribution < 1.29 is 0 Å². The summed E-state index contributed by atoms with van der Waals surface area (Å²) in [4.78, 5) is 0. The first-order valence-electron chi connectivity index (χ1n) is 7.82. The van der Waals surface area contributed by atoms with E-state index in [0.29, 0.717) is 10.8 Å². The van der Waals surface area contributed by atoms with E-state index in [1.807, 2.05) is 0 Å². The van der Waals surface area contributed by atoms with Crippen LogP contribution >= 0.6 is 0 Å². The zero-order chi connectivity index (χ0) is 13.1. The van der Waals surface area contributed by atoms with Gasteiger partial charge in [0.25, 0.3) is 0 Å². The summed E-state index contributed by atoms with van der Waals surface area (Å²) >= 11 is 0. The smallest absolute Gasteiger partial charge is 0.0318 e. The molecular formula is C17H34. The third kappa shape index (κ3) is 4.30. The fourth-order valence-electron chi connectivity index (χ4n) is 4.13. The van der Waals surface area contributed by atoms with E-state index in [1.54, 1.807) is 0 Å². The maximum absolute atomic E-state index is 2.54. The fraction of sp³-hybridized carbons (Fsp3) is 1.00. The number of hydrogen-bond acceptors (Lipinski definition) is 0. The quantitative estimate of drug-likeness (QED) is 0.528. The van der Waals surface area contributed by atoms with Crippen molar-refractivity contribution in [2.75, 3.05) is 0 Å². The molecule has 1 saturated carbocycles. The van der Waals surface area contributed by atoms with Gasteiger partial charge in [-0.2, -0.15) is 0 Å². The van der Waals surface area contributed by atoms with Gasteiger partial charge in [-0.25, -0.2) is 0 Å². The Morgan fingerprint density at radius 3 is 1.47 bits per heavy atom. The fourth-order valence-corrected chi connectivity index (χ4v) is 4.13. The van der Waals surface area contributed by atoms with Crippen molar-refractivity contribution in [3.05, 3.63) is 0 Å². The van der Waals surface area contributed by atoms with Crippen LogP contribution in [0.2, 0.25) is 0 Å². The summed E-state index contributed by atoms with van der Waals surface area (Å²) in [6.07, 6.45) is 9.97. The third-order valence-electron chi connectivity index (χ3n) is 5.26. The molecule has 0 aromatic heterocycles. The molecule has 4 unspecified atom stereocenters. The minimum Gasteiger partial charge on any atom is -0.0651 e. The average Bonchev–Trinajstić information content (AvgIpc) is 2.54. The third-order valence-corrected chi connectivity index (χ3v) is 5.26. The van der Waals surface area contributed by atoms with E-state index in [-0.39, 0.29) is 0 Å². The van der Waals surface area contributed by atoms with Gasteiger partial charge in [-0.15, -0.1) is 0 Å². The molecule has 0 aromatic rings. The van der Waals surface area contributed by atoms with Gasteiger partial charge >= 0.3 is 0 Å². The van der Waals surface area contributed by atoms with E-state index < -0.39 is 0 Å². The maximum Gasteiger partial charge on any atom is -0.0318 e. The van der Waals surface area contributed by atoms with Crippen LogP contribution in [0.1, 0.15) is 86.5 Å². The Labute approximate surface area is 110 Å². The SMILES string of the molecule is CCC(C)CC1(C)CCC(C)(CC(C)CC)C1. The van der Waals surface area contributed by atoms with Crippen LogP contribution in [0.25, 0.3) is 0 Å². The average molecular weight is 238 g/mol. The van der Waals surface area contributed by atoms with Crippen molar-refractivity contribution in [3.8, 4) is 0 Å². The Hall–Kier alpha value is 0. The maximum atomic E-state index is 2.54. The second-order valence-corrected chi connectivity index (χ2v) is 7.73. The first kappa shape index (κ1) is 15.1. The molecule has 0 aromatic carbocycles. The molecule has 0 bridgehead atoms. The van der Waals surface area contributed by atoms with Crippen LogP contribution in [0.5, 0.6) is 0 Å². The standard InChI is InChI=1S/C17H34/c1-7-14(3)11-16(5)9-10-17(6,13-16)12-15(4)8-2/h14-15H,7-13H2,1-6H3. The summed E-state index contributed by atoms with van der Waals surface area (Å²) in [7, 11) is 0. The van der Waals surface area contributed by atoms with Gasteiger partial charge in [0.05, 0.1) is 0 Å². The summed E-state index contributed by atoms with van der Waals surface area (Å²) in [5, 5.41) is 0. The molecule has 1 fully saturated rings. The molecule has 102 valence electrons. The molecule has 0 amide bonds. The van der Waals surface area contributed by atoms with E-state index in [2.05, 4.69) is 41.5 Å². The van der Waals surface area contributed by atoms with Crippen LogP contribution in [-0.2, 0) is 0 Å². The van der Waals surface area contributed by atoms with E-state index in [0.717, 1.165) is 11.8 Å². The van der Waals surface area contributed by atoms with Crippen LogP contribution in [0.15, 0.2) is 0 Å². The van der Waals surface area contributed by atoms with Crippen molar-refractivity contribution in [1.82, 2.24) is 0 Å². The van der Waals surface area contributed by atoms with Gasteiger partial charge in [-0.3, -0.25) is 0 Å². The highest BCUT2D eigenvalue weighted by atomic mass is 14.5. The molecule has 17 heavy (non-hydrogen) atoms. The van der Waals surface area contributed by atoms with Gasteiger partial charge in [0, 0.05) is 0 Å². The van der Waals surface area contributed by atoms with Crippen molar-refractivity contribution >= 4 is 0 Å². The Bertz CT molecular complexity index is 208. The van der Waals surface area contributed by atoms with Crippen LogP contribution in [-0.4, -0.2) is 0 Å². The molecule has 1 aliphatic carbocycles. The van der Waals surface area contributed by atoms with E-state index in [1.165, 1.54) is 44.9 Å². The van der Waals surface area contributed by atoms with Crippen LogP contribution in [0, 0.1) is 22.7 Å². The summed E-state index contributed by atoms with van der Waals surface area (Å²) in [6, 6.07) is 0. The van der Waals surface area contributed by atoms with Crippen molar-refractivity contribution in [2.24, 2.45) is 22.7 Å². The molecule has 0 N–H and O–H groups in total. The van der Waals surface area contributed by atoms with Crippen LogP contribution < -0.4 is 0 Å². The Kier molecular flexibility index (Phi) is 5.10. The molecule has 0 heterocycles. The van der Waals surface area contributed by atoms with E-state index in [4.69, 9.17) is 0 Å². The minimum atomic E-state index is 0.637. The minimum absolute atomic E-state index is 0.637. The Morgan fingerprint density at radius 2 is 1.18 bits per heavy atom. The predicted octanol–water partition coefficient (Wildman–Crippen LogP) is 6.06. The lowest BCUT2D eigenvalue weighted by molar-refractivity contribution is 0.188. The topological polar surface area (TPSA) is 0 Å². The van der Waals surface area contributed by atoms with E-state index in [9.17, 15) is 0 Å². The molecule has 1 aliphatic rings. The van der Waals surface area contributed by atoms with Gasteiger partial charge in [0.2, 0.25) is 0 Å². The lowest BCUT2D eigenvalue weighted by Crippen LogP contribution is -2.21. The van der Waals surface area contributed by atoms with Gasteiger partial charge < -0.3 is 0 Å². The highest BCUT2D eigenvalue weighted by Gasteiger charge is 2.42. The van der Waals surface area contributed by atoms with Crippen molar-refractivity contribution in [1.29, 1.82) is 0 Å². The normalized spacial score (nSPS) is 37.1. The van der Waals surface area contributed by atoms with Crippen molar-refractivity contribution in [3.63, 3.8) is 0 Å². The zero-order valence-electron chi connectivity index (χ0n) is 13.1. The summed E-state index contributed by atoms with van der Waals surface area (Å²) in [6.45, 7) is 14.6. The zero-order valence-corrected chi connectivity index (χ0v) is 13.1. The molecule has 0 saturated heterocycles. The molecular weight excluding hydrogens is 204 g/mol. The second-order valence-electron chi connectivity index (χ2n) is 7.73. The molecule has 0 spiro atoms. The Morgan fingerprint density at radius 1 is 0.824 bits per heavy atom. The second kappa shape index (κ2) is 5.76.